The molecule has 0 radical (unpaired) electrons. The van der Waals surface area contributed by atoms with Gasteiger partial charge < -0.3 is 9.84 Å². The zero-order valence-electron chi connectivity index (χ0n) is 7.46. The summed E-state index contributed by atoms with van der Waals surface area (Å²) >= 11 is 0. The number of hydrogen-bond donors (Lipinski definition) is 1. The number of hydrogen-bond acceptors (Lipinski definition) is 2. The van der Waals surface area contributed by atoms with Crippen molar-refractivity contribution in [2.45, 2.75) is 0 Å². The van der Waals surface area contributed by atoms with Gasteiger partial charge in [-0.2, -0.15) is 0 Å². The fraction of sp³-hybridized carbons (Fsp3) is 0. The molecule has 1 aliphatic heterocycles. The Balaban J connectivity index is 2.85. The minimum Gasteiger partial charge on any atom is -0.478 e. The normalized spacial score (nSPS) is 15.6. The van der Waals surface area contributed by atoms with Gasteiger partial charge in [-0.15, -0.1) is 0 Å². The highest BCUT2D eigenvalue weighted by Gasteiger charge is 2.01. The van der Waals surface area contributed by atoms with Crippen LogP contribution in [0.25, 0.3) is 0 Å². The van der Waals surface area contributed by atoms with Crippen LogP contribution in [0.15, 0.2) is 60.6 Å². The summed E-state index contributed by atoms with van der Waals surface area (Å²) < 4.78 is 4.89. The Kier molecular flexibility index (Phi) is 4.01. The Morgan fingerprint density at radius 1 is 1.07 bits per heavy atom. The van der Waals surface area contributed by atoms with Gasteiger partial charge >= 0.3 is 5.97 Å². The maximum absolute atomic E-state index is 10.6. The van der Waals surface area contributed by atoms with Gasteiger partial charge in [-0.3, -0.25) is 0 Å². The monoisotopic (exact) mass is 190 g/mol. The lowest BCUT2D eigenvalue weighted by molar-refractivity contribution is -0.132. The smallest absolute Gasteiger partial charge is 0.338 e. The molecule has 3 nitrogen and oxygen atoms in total. The molecule has 0 spiro atoms. The molecule has 0 saturated carbocycles. The van der Waals surface area contributed by atoms with Gasteiger partial charge in [-0.05, 0) is 12.2 Å². The highest BCUT2D eigenvalue weighted by atomic mass is 16.5. The first-order chi connectivity index (χ1) is 6.80. The maximum atomic E-state index is 10.6. The first-order valence-electron chi connectivity index (χ1n) is 4.06. The second-order valence-electron chi connectivity index (χ2n) is 2.47. The molecule has 72 valence electrons. The van der Waals surface area contributed by atoms with Crippen LogP contribution in [-0.4, -0.2) is 11.1 Å². The molecule has 0 aromatic heterocycles. The average molecular weight is 190 g/mol. The quantitative estimate of drug-likeness (QED) is 0.689. The zero-order valence-corrected chi connectivity index (χ0v) is 7.46. The Hall–Kier alpha value is -2.03. The van der Waals surface area contributed by atoms with E-state index in [1.165, 1.54) is 18.6 Å². The molecule has 14 heavy (non-hydrogen) atoms. The first kappa shape index (κ1) is 10.1. The number of rotatable bonds is 1. The SMILES string of the molecule is O=C(O)C1=COC=CC=CC=CC=C1. The third-order valence-electron chi connectivity index (χ3n) is 1.43. The molecule has 0 unspecified atom stereocenters. The zero-order chi connectivity index (χ0) is 10.2. The molecule has 0 amide bonds. The molecule has 1 N–H and O–H groups in total. The summed E-state index contributed by atoms with van der Waals surface area (Å²) in [5.74, 6) is -1.02. The van der Waals surface area contributed by atoms with Crippen molar-refractivity contribution in [3.05, 3.63) is 60.6 Å². The molecular weight excluding hydrogens is 180 g/mol. The molecule has 0 aromatic carbocycles. The molecule has 0 fully saturated rings. The van der Waals surface area contributed by atoms with E-state index in [0.717, 1.165) is 0 Å². The highest BCUT2D eigenvalue weighted by Crippen LogP contribution is 2.00. The van der Waals surface area contributed by atoms with E-state index in [-0.39, 0.29) is 5.57 Å². The van der Waals surface area contributed by atoms with Crippen LogP contribution in [0.4, 0.5) is 0 Å². The van der Waals surface area contributed by atoms with E-state index in [2.05, 4.69) is 0 Å². The van der Waals surface area contributed by atoms with Gasteiger partial charge in [0, 0.05) is 0 Å². The molecule has 0 bridgehead atoms. The summed E-state index contributed by atoms with van der Waals surface area (Å²) in [7, 11) is 0. The van der Waals surface area contributed by atoms with E-state index in [9.17, 15) is 4.79 Å². The number of ether oxygens (including phenoxy) is 1. The molecule has 1 heterocycles. The predicted molar refractivity (Wildman–Crippen MR) is 53.4 cm³/mol. The van der Waals surface area contributed by atoms with Crippen LogP contribution in [0.2, 0.25) is 0 Å². The van der Waals surface area contributed by atoms with Crippen LogP contribution < -0.4 is 0 Å². The summed E-state index contributed by atoms with van der Waals surface area (Å²) in [4.78, 5) is 10.6. The standard InChI is InChI=1S/C11H10O3/c12-11(13)10-7-5-3-1-2-4-6-8-14-9-10/h1-9H,(H,12,13). The van der Waals surface area contributed by atoms with Gasteiger partial charge in [-0.25, -0.2) is 4.79 Å². The number of aliphatic carboxylic acids is 1. The Morgan fingerprint density at radius 2 is 1.71 bits per heavy atom. The van der Waals surface area contributed by atoms with E-state index in [0.29, 0.717) is 0 Å². The van der Waals surface area contributed by atoms with Crippen molar-refractivity contribution in [2.75, 3.05) is 0 Å². The van der Waals surface area contributed by atoms with Gasteiger partial charge in [0.25, 0.3) is 0 Å². The van der Waals surface area contributed by atoms with Gasteiger partial charge in [0.05, 0.1) is 11.8 Å². The topological polar surface area (TPSA) is 46.5 Å². The van der Waals surface area contributed by atoms with Crippen molar-refractivity contribution < 1.29 is 14.6 Å². The van der Waals surface area contributed by atoms with E-state index < -0.39 is 5.97 Å². The third kappa shape index (κ3) is 3.58. The molecule has 3 heteroatoms. The van der Waals surface area contributed by atoms with Crippen LogP contribution in [0.1, 0.15) is 0 Å². The summed E-state index contributed by atoms with van der Waals surface area (Å²) in [6.07, 6.45) is 14.5. The van der Waals surface area contributed by atoms with Crippen LogP contribution in [-0.2, 0) is 9.53 Å². The molecule has 0 aliphatic carbocycles. The van der Waals surface area contributed by atoms with E-state index in [1.54, 1.807) is 30.4 Å². The van der Waals surface area contributed by atoms with Crippen LogP contribution in [0.5, 0.6) is 0 Å². The number of carboxylic acid groups (broad SMARTS) is 1. The Labute approximate surface area is 82.0 Å². The van der Waals surface area contributed by atoms with Gasteiger partial charge in [-0.1, -0.05) is 30.4 Å². The van der Waals surface area contributed by atoms with Gasteiger partial charge in [0.15, 0.2) is 0 Å². The largest absolute Gasteiger partial charge is 0.478 e. The predicted octanol–water partition coefficient (Wildman–Crippen LogP) is 2.17. The van der Waals surface area contributed by atoms with Crippen molar-refractivity contribution in [1.82, 2.24) is 0 Å². The van der Waals surface area contributed by atoms with E-state index >= 15 is 0 Å². The lowest BCUT2D eigenvalue weighted by Crippen LogP contribution is -1.97. The summed E-state index contributed by atoms with van der Waals surface area (Å²) in [5.41, 5.74) is 0.0983. The third-order valence-corrected chi connectivity index (χ3v) is 1.43. The van der Waals surface area contributed by atoms with Crippen molar-refractivity contribution >= 4 is 5.97 Å². The van der Waals surface area contributed by atoms with Crippen LogP contribution in [0.3, 0.4) is 0 Å². The molecule has 0 saturated heterocycles. The van der Waals surface area contributed by atoms with E-state index in [1.807, 2.05) is 6.08 Å². The fourth-order valence-electron chi connectivity index (χ4n) is 0.780. The highest BCUT2D eigenvalue weighted by molar-refractivity contribution is 5.89. The minimum absolute atomic E-state index is 0.0983. The van der Waals surface area contributed by atoms with Crippen molar-refractivity contribution in [3.8, 4) is 0 Å². The van der Waals surface area contributed by atoms with Crippen LogP contribution in [0, 0.1) is 0 Å². The minimum atomic E-state index is -1.02. The van der Waals surface area contributed by atoms with Crippen molar-refractivity contribution in [3.63, 3.8) is 0 Å². The second kappa shape index (κ2) is 5.59. The van der Waals surface area contributed by atoms with Crippen molar-refractivity contribution in [1.29, 1.82) is 0 Å². The lowest BCUT2D eigenvalue weighted by Gasteiger charge is -1.93. The number of carboxylic acids is 1. The first-order valence-corrected chi connectivity index (χ1v) is 4.06. The maximum Gasteiger partial charge on any atom is 0.338 e. The van der Waals surface area contributed by atoms with Gasteiger partial charge in [0.1, 0.15) is 6.26 Å². The lowest BCUT2D eigenvalue weighted by atomic mass is 10.2. The number of carbonyl (C=O) groups is 1. The van der Waals surface area contributed by atoms with Crippen LogP contribution >= 0.6 is 0 Å². The van der Waals surface area contributed by atoms with E-state index in [4.69, 9.17) is 9.84 Å². The summed E-state index contributed by atoms with van der Waals surface area (Å²) in [6, 6.07) is 0. The molecule has 1 aliphatic rings. The Morgan fingerprint density at radius 3 is 2.43 bits per heavy atom. The average Bonchev–Trinajstić information content (AvgIpc) is 2.21. The molecule has 0 aromatic rings. The second-order valence-corrected chi connectivity index (χ2v) is 2.47. The fourth-order valence-corrected chi connectivity index (χ4v) is 0.780. The molecule has 1 rings (SSSR count). The van der Waals surface area contributed by atoms with Gasteiger partial charge in [0.2, 0.25) is 0 Å². The molecule has 0 atom stereocenters. The number of allylic oxidation sites excluding steroid dienone is 6. The Bertz CT molecular complexity index is 344. The summed E-state index contributed by atoms with van der Waals surface area (Å²) in [6.45, 7) is 0. The van der Waals surface area contributed by atoms with Crippen molar-refractivity contribution in [2.24, 2.45) is 0 Å². The molecular formula is C11H10O3. The summed E-state index contributed by atoms with van der Waals surface area (Å²) in [5, 5.41) is 8.72.